The highest BCUT2D eigenvalue weighted by Crippen LogP contribution is 2.37. The van der Waals surface area contributed by atoms with Crippen LogP contribution >= 0.6 is 0 Å². The molecule has 1 fully saturated rings. The minimum Gasteiger partial charge on any atom is -0.454 e. The van der Waals surface area contributed by atoms with Gasteiger partial charge in [-0.1, -0.05) is 0 Å². The molecule has 0 unspecified atom stereocenters. The minimum atomic E-state index is -0.403. The number of anilines is 1. The fraction of sp³-hybridized carbons (Fsp3) is 0.393. The van der Waals surface area contributed by atoms with Crippen LogP contribution in [0.3, 0.4) is 0 Å². The molecule has 2 aliphatic rings. The number of carbonyl (C=O) groups is 2. The predicted molar refractivity (Wildman–Crippen MR) is 137 cm³/mol. The average Bonchev–Trinajstić information content (AvgIpc) is 3.57. The molecule has 2 aliphatic heterocycles. The molecule has 1 saturated heterocycles. The van der Waals surface area contributed by atoms with Crippen molar-refractivity contribution >= 4 is 28.4 Å². The van der Waals surface area contributed by atoms with E-state index in [0.717, 1.165) is 35.1 Å². The van der Waals surface area contributed by atoms with Gasteiger partial charge >= 0.3 is 0 Å². The molecule has 5 rings (SSSR count). The fourth-order valence-corrected chi connectivity index (χ4v) is 4.75. The van der Waals surface area contributed by atoms with Crippen molar-refractivity contribution in [1.29, 1.82) is 0 Å². The third-order valence-corrected chi connectivity index (χ3v) is 6.68. The van der Waals surface area contributed by atoms with Gasteiger partial charge < -0.3 is 24.0 Å². The van der Waals surface area contributed by atoms with E-state index in [1.54, 1.807) is 4.90 Å². The molecule has 0 aliphatic carbocycles. The Morgan fingerprint density at radius 2 is 1.81 bits per heavy atom. The Morgan fingerprint density at radius 1 is 1.05 bits per heavy atom. The Hall–Kier alpha value is -3.72. The molecule has 37 heavy (non-hydrogen) atoms. The van der Waals surface area contributed by atoms with E-state index < -0.39 is 5.82 Å². The van der Waals surface area contributed by atoms with E-state index in [-0.39, 0.29) is 37.4 Å². The molecular weight excluding hydrogens is 477 g/mol. The van der Waals surface area contributed by atoms with Crippen LogP contribution in [0.15, 0.2) is 42.5 Å². The Balaban J connectivity index is 1.38. The van der Waals surface area contributed by atoms with Crippen LogP contribution in [0.25, 0.3) is 10.9 Å². The number of carbonyl (C=O) groups excluding carboxylic acids is 2. The maximum Gasteiger partial charge on any atom is 0.231 e. The summed E-state index contributed by atoms with van der Waals surface area (Å²) in [7, 11) is 3.83. The maximum atomic E-state index is 13.4. The summed E-state index contributed by atoms with van der Waals surface area (Å²) < 4.78 is 30.1. The zero-order valence-electron chi connectivity index (χ0n) is 21.0. The number of fused-ring (bicyclic) bond motifs is 2. The number of ether oxygens (including phenoxy) is 3. The molecule has 2 aromatic carbocycles. The molecule has 0 bridgehead atoms. The average molecular weight is 508 g/mol. The van der Waals surface area contributed by atoms with Gasteiger partial charge in [0.2, 0.25) is 12.7 Å². The van der Waals surface area contributed by atoms with Crippen LogP contribution in [0.4, 0.5) is 10.2 Å². The predicted octanol–water partition coefficient (Wildman–Crippen LogP) is 4.34. The second-order valence-electron chi connectivity index (χ2n) is 9.60. The van der Waals surface area contributed by atoms with Gasteiger partial charge in [-0.2, -0.15) is 0 Å². The molecule has 3 aromatic rings. The van der Waals surface area contributed by atoms with E-state index in [4.69, 9.17) is 19.2 Å². The van der Waals surface area contributed by atoms with Crippen molar-refractivity contribution < 1.29 is 28.2 Å². The van der Waals surface area contributed by atoms with Crippen molar-refractivity contribution in [2.75, 3.05) is 38.9 Å². The molecular formula is C28H30FN3O5. The maximum absolute atomic E-state index is 13.4. The summed E-state index contributed by atoms with van der Waals surface area (Å²) in [5, 5.41) is 0.890. The molecule has 1 amide bonds. The van der Waals surface area contributed by atoms with Gasteiger partial charge in [0.15, 0.2) is 17.3 Å². The van der Waals surface area contributed by atoms with Crippen molar-refractivity contribution in [3.63, 3.8) is 0 Å². The fourth-order valence-electron chi connectivity index (χ4n) is 4.75. The Kier molecular flexibility index (Phi) is 7.23. The second-order valence-corrected chi connectivity index (χ2v) is 9.60. The van der Waals surface area contributed by atoms with Crippen molar-refractivity contribution in [2.24, 2.45) is 0 Å². The molecule has 194 valence electrons. The third-order valence-electron chi connectivity index (χ3n) is 6.68. The highest BCUT2D eigenvalue weighted by Gasteiger charge is 2.25. The monoisotopic (exact) mass is 507 g/mol. The lowest BCUT2D eigenvalue weighted by Crippen LogP contribution is -2.37. The Labute approximate surface area is 214 Å². The number of halogens is 1. The first kappa shape index (κ1) is 25.0. The number of nitrogens with zero attached hydrogens (tertiary/aromatic N) is 3. The van der Waals surface area contributed by atoms with Gasteiger partial charge in [0.1, 0.15) is 11.6 Å². The Morgan fingerprint density at radius 3 is 2.51 bits per heavy atom. The van der Waals surface area contributed by atoms with Gasteiger partial charge in [-0.05, 0) is 49.2 Å². The number of benzene rings is 2. The number of aromatic nitrogens is 1. The SMILES string of the molecule is CN(C)c1nc2cc3c(cc2cc1CN(C[C@H]1CCCO1)C(=O)CCC(=O)c1ccc(F)cc1)OCO3. The van der Waals surface area contributed by atoms with Crippen molar-refractivity contribution in [1.82, 2.24) is 9.88 Å². The highest BCUT2D eigenvalue weighted by atomic mass is 19.1. The van der Waals surface area contributed by atoms with E-state index in [9.17, 15) is 14.0 Å². The van der Waals surface area contributed by atoms with Crippen molar-refractivity contribution in [3.8, 4) is 11.5 Å². The van der Waals surface area contributed by atoms with Crippen molar-refractivity contribution in [3.05, 3.63) is 59.4 Å². The number of hydrogen-bond donors (Lipinski definition) is 0. The lowest BCUT2D eigenvalue weighted by Gasteiger charge is -2.27. The topological polar surface area (TPSA) is 81.2 Å². The summed E-state index contributed by atoms with van der Waals surface area (Å²) in [4.78, 5) is 34.6. The molecule has 0 N–H and O–H groups in total. The second kappa shape index (κ2) is 10.7. The molecule has 0 spiro atoms. The quantitative estimate of drug-likeness (QED) is 0.399. The standard InChI is InChI=1S/C28H30FN3O5/c1-31(2)28-20(12-19-13-25-26(37-17-36-25)14-23(19)30-28)15-32(16-22-4-3-11-35-22)27(34)10-9-24(33)18-5-7-21(29)8-6-18/h5-8,12-14,22H,3-4,9-11,15-17H2,1-2H3/t22-/m1/s1. The van der Waals surface area contributed by atoms with E-state index in [1.165, 1.54) is 24.3 Å². The summed E-state index contributed by atoms with van der Waals surface area (Å²) in [5.74, 6) is 1.35. The van der Waals surface area contributed by atoms with Gasteiger partial charge in [0.25, 0.3) is 0 Å². The zero-order valence-corrected chi connectivity index (χ0v) is 21.0. The number of amides is 1. The first-order valence-corrected chi connectivity index (χ1v) is 12.5. The first-order chi connectivity index (χ1) is 17.9. The Bertz CT molecular complexity index is 1310. The molecule has 9 heteroatoms. The largest absolute Gasteiger partial charge is 0.454 e. The normalized spacial score (nSPS) is 16.2. The van der Waals surface area contributed by atoms with E-state index in [1.807, 2.05) is 37.2 Å². The van der Waals surface area contributed by atoms with Gasteiger partial charge in [0.05, 0.1) is 11.6 Å². The molecule has 1 atom stereocenters. The summed E-state index contributed by atoms with van der Waals surface area (Å²) in [6.07, 6.45) is 1.91. The summed E-state index contributed by atoms with van der Waals surface area (Å²) in [5.41, 5.74) is 2.05. The summed E-state index contributed by atoms with van der Waals surface area (Å²) >= 11 is 0. The number of ketones is 1. The van der Waals surface area contributed by atoms with Gasteiger partial charge in [-0.15, -0.1) is 0 Å². The molecule has 0 saturated carbocycles. The molecule has 3 heterocycles. The van der Waals surface area contributed by atoms with Crippen LogP contribution in [0.5, 0.6) is 11.5 Å². The molecule has 1 aromatic heterocycles. The van der Waals surface area contributed by atoms with E-state index >= 15 is 0 Å². The highest BCUT2D eigenvalue weighted by molar-refractivity contribution is 5.98. The van der Waals surface area contributed by atoms with Crippen molar-refractivity contribution in [2.45, 2.75) is 38.3 Å². The van der Waals surface area contributed by atoms with Gasteiger partial charge in [0, 0.05) is 69.2 Å². The minimum absolute atomic E-state index is 0.0400. The van der Waals surface area contributed by atoms with Gasteiger partial charge in [-0.3, -0.25) is 9.59 Å². The van der Waals surface area contributed by atoms with Crippen LogP contribution in [0.1, 0.15) is 41.6 Å². The zero-order chi connectivity index (χ0) is 25.9. The number of pyridine rings is 1. The van der Waals surface area contributed by atoms with E-state index in [0.29, 0.717) is 36.8 Å². The molecule has 0 radical (unpaired) electrons. The summed E-state index contributed by atoms with van der Waals surface area (Å²) in [6, 6.07) is 11.2. The summed E-state index contributed by atoms with van der Waals surface area (Å²) in [6.45, 7) is 1.63. The van der Waals surface area contributed by atoms with E-state index in [2.05, 4.69) is 0 Å². The van der Waals surface area contributed by atoms with Crippen LogP contribution in [0, 0.1) is 5.82 Å². The first-order valence-electron chi connectivity index (χ1n) is 12.5. The lowest BCUT2D eigenvalue weighted by molar-refractivity contribution is -0.133. The van der Waals surface area contributed by atoms with Crippen LogP contribution in [-0.2, 0) is 16.1 Å². The van der Waals surface area contributed by atoms with Crippen LogP contribution in [0.2, 0.25) is 0 Å². The smallest absolute Gasteiger partial charge is 0.231 e. The third kappa shape index (κ3) is 5.67. The number of rotatable bonds is 9. The number of hydrogen-bond acceptors (Lipinski definition) is 7. The lowest BCUT2D eigenvalue weighted by atomic mass is 10.1. The van der Waals surface area contributed by atoms with Gasteiger partial charge in [-0.25, -0.2) is 9.37 Å². The number of Topliss-reactive ketones (excluding diaryl/α,β-unsaturated/α-hetero) is 1. The molecule has 8 nitrogen and oxygen atoms in total. The van der Waals surface area contributed by atoms with Crippen LogP contribution < -0.4 is 14.4 Å². The van der Waals surface area contributed by atoms with Crippen LogP contribution in [-0.4, -0.2) is 61.7 Å².